The maximum absolute atomic E-state index is 12.8. The van der Waals surface area contributed by atoms with Crippen molar-refractivity contribution in [1.29, 1.82) is 0 Å². The number of nitrogens with zero attached hydrogens (tertiary/aromatic N) is 1. The lowest BCUT2D eigenvalue weighted by atomic mass is 9.99. The highest BCUT2D eigenvalue weighted by Gasteiger charge is 2.33. The number of sulfonamides is 1. The first-order valence-corrected chi connectivity index (χ1v) is 8.58. The van der Waals surface area contributed by atoms with Gasteiger partial charge in [-0.1, -0.05) is 29.7 Å². The zero-order valence-electron chi connectivity index (χ0n) is 12.3. The Bertz CT molecular complexity index is 575. The maximum Gasteiger partial charge on any atom is 0.243 e. The van der Waals surface area contributed by atoms with E-state index in [1.807, 2.05) is 26.0 Å². The normalized spacial score (nSPS) is 20.8. The van der Waals surface area contributed by atoms with Crippen molar-refractivity contribution in [3.63, 3.8) is 0 Å². The molecule has 1 atom stereocenters. The molecule has 0 amide bonds. The highest BCUT2D eigenvalue weighted by Crippen LogP contribution is 2.28. The summed E-state index contributed by atoms with van der Waals surface area (Å²) < 4.78 is 27.2. The monoisotopic (exact) mass is 293 g/mol. The van der Waals surface area contributed by atoms with Gasteiger partial charge >= 0.3 is 0 Å². The predicted molar refractivity (Wildman–Crippen MR) is 82.1 cm³/mol. The molecule has 1 aliphatic heterocycles. The minimum Gasteiger partial charge on any atom is -0.207 e. The van der Waals surface area contributed by atoms with Crippen LogP contribution >= 0.6 is 0 Å². The first kappa shape index (κ1) is 15.3. The van der Waals surface area contributed by atoms with Gasteiger partial charge < -0.3 is 0 Å². The van der Waals surface area contributed by atoms with Gasteiger partial charge in [0.2, 0.25) is 10.0 Å². The predicted octanol–water partition coefficient (Wildman–Crippen LogP) is 3.50. The molecule has 1 aromatic carbocycles. The van der Waals surface area contributed by atoms with Gasteiger partial charge in [-0.2, -0.15) is 4.31 Å². The van der Waals surface area contributed by atoms with E-state index in [9.17, 15) is 8.42 Å². The van der Waals surface area contributed by atoms with E-state index in [1.54, 1.807) is 16.4 Å². The molecule has 0 unspecified atom stereocenters. The molecule has 0 aromatic heterocycles. The Morgan fingerprint density at radius 3 is 2.55 bits per heavy atom. The van der Waals surface area contributed by atoms with Crippen molar-refractivity contribution >= 4 is 10.0 Å². The van der Waals surface area contributed by atoms with Crippen LogP contribution in [0.4, 0.5) is 0 Å². The zero-order valence-corrected chi connectivity index (χ0v) is 13.1. The molecular formula is C16H23NO2S. The van der Waals surface area contributed by atoms with E-state index in [1.165, 1.54) is 0 Å². The summed E-state index contributed by atoms with van der Waals surface area (Å²) in [6.45, 7) is 8.47. The Morgan fingerprint density at radius 2 is 1.95 bits per heavy atom. The summed E-state index contributed by atoms with van der Waals surface area (Å²) in [4.78, 5) is 0.400. The van der Waals surface area contributed by atoms with E-state index in [-0.39, 0.29) is 6.04 Å². The van der Waals surface area contributed by atoms with Crippen LogP contribution < -0.4 is 0 Å². The van der Waals surface area contributed by atoms with Gasteiger partial charge in [-0.15, -0.1) is 6.58 Å². The molecule has 0 saturated carbocycles. The molecule has 1 fully saturated rings. The number of aryl methyl sites for hydroxylation is 1. The summed E-state index contributed by atoms with van der Waals surface area (Å²) in [6.07, 6.45) is 3.72. The fraction of sp³-hybridized carbons (Fsp3) is 0.500. The molecular weight excluding hydrogens is 270 g/mol. The Balaban J connectivity index is 2.30. The van der Waals surface area contributed by atoms with E-state index in [4.69, 9.17) is 0 Å². The van der Waals surface area contributed by atoms with E-state index < -0.39 is 10.0 Å². The summed E-state index contributed by atoms with van der Waals surface area (Å²) in [5, 5.41) is 0. The summed E-state index contributed by atoms with van der Waals surface area (Å²) in [6, 6.07) is 7.18. The average molecular weight is 293 g/mol. The molecule has 3 nitrogen and oxygen atoms in total. The number of benzene rings is 1. The first-order valence-electron chi connectivity index (χ1n) is 7.14. The van der Waals surface area contributed by atoms with E-state index in [0.29, 0.717) is 11.4 Å². The van der Waals surface area contributed by atoms with Gasteiger partial charge in [-0.25, -0.2) is 8.42 Å². The van der Waals surface area contributed by atoms with E-state index >= 15 is 0 Å². The maximum atomic E-state index is 12.8. The Hall–Kier alpha value is -1.13. The number of rotatable bonds is 4. The van der Waals surface area contributed by atoms with Gasteiger partial charge in [0.05, 0.1) is 4.90 Å². The topological polar surface area (TPSA) is 37.4 Å². The minimum atomic E-state index is -3.38. The molecule has 2 rings (SSSR count). The molecule has 0 N–H and O–H groups in total. The van der Waals surface area contributed by atoms with E-state index in [0.717, 1.165) is 36.8 Å². The van der Waals surface area contributed by atoms with Crippen LogP contribution in [-0.4, -0.2) is 25.3 Å². The number of hydrogen-bond donors (Lipinski definition) is 0. The molecule has 0 bridgehead atoms. The average Bonchev–Trinajstić information content (AvgIpc) is 2.39. The van der Waals surface area contributed by atoms with Crippen molar-refractivity contribution in [2.75, 3.05) is 6.54 Å². The number of piperidine rings is 1. The van der Waals surface area contributed by atoms with Gasteiger partial charge in [-0.05, 0) is 45.2 Å². The van der Waals surface area contributed by atoms with Gasteiger partial charge in [0, 0.05) is 12.6 Å². The highest BCUT2D eigenvalue weighted by molar-refractivity contribution is 7.89. The molecule has 0 aliphatic carbocycles. The highest BCUT2D eigenvalue weighted by atomic mass is 32.2. The van der Waals surface area contributed by atoms with Crippen molar-refractivity contribution in [3.8, 4) is 0 Å². The lowest BCUT2D eigenvalue weighted by molar-refractivity contribution is 0.251. The summed E-state index contributed by atoms with van der Waals surface area (Å²) >= 11 is 0. The van der Waals surface area contributed by atoms with Crippen LogP contribution in [0.25, 0.3) is 0 Å². The smallest absolute Gasteiger partial charge is 0.207 e. The molecule has 1 aromatic rings. The molecule has 0 radical (unpaired) electrons. The van der Waals surface area contributed by atoms with E-state index in [2.05, 4.69) is 6.58 Å². The third-order valence-corrected chi connectivity index (χ3v) is 5.75. The Kier molecular flexibility index (Phi) is 4.66. The Morgan fingerprint density at radius 1 is 1.30 bits per heavy atom. The quantitative estimate of drug-likeness (QED) is 0.797. The third-order valence-electron chi connectivity index (χ3n) is 3.78. The van der Waals surface area contributed by atoms with Crippen LogP contribution in [0, 0.1) is 6.92 Å². The second kappa shape index (κ2) is 6.10. The molecule has 0 spiro atoms. The fourth-order valence-electron chi connectivity index (χ4n) is 2.74. The summed E-state index contributed by atoms with van der Waals surface area (Å²) in [5.41, 5.74) is 2.11. The van der Waals surface area contributed by atoms with Crippen LogP contribution in [0.15, 0.2) is 41.3 Å². The van der Waals surface area contributed by atoms with Gasteiger partial charge in [0.15, 0.2) is 0 Å². The molecule has 1 aliphatic rings. The SMILES string of the molecule is C=C(C)C[C@H]1CCCCN1S(=O)(=O)c1ccc(C)cc1. The number of hydrogen-bond acceptors (Lipinski definition) is 2. The van der Waals surface area contributed by atoms with Crippen molar-refractivity contribution < 1.29 is 8.42 Å². The van der Waals surface area contributed by atoms with Gasteiger partial charge in [0.25, 0.3) is 0 Å². The fourth-order valence-corrected chi connectivity index (χ4v) is 4.44. The lowest BCUT2D eigenvalue weighted by Crippen LogP contribution is -2.43. The molecule has 4 heteroatoms. The standard InChI is InChI=1S/C16H23NO2S/c1-13(2)12-15-6-4-5-11-17(15)20(18,19)16-9-7-14(3)8-10-16/h7-10,15H,1,4-6,11-12H2,2-3H3/t15-/m1/s1. The van der Waals surface area contributed by atoms with Crippen molar-refractivity contribution in [3.05, 3.63) is 42.0 Å². The van der Waals surface area contributed by atoms with Crippen LogP contribution in [0.2, 0.25) is 0 Å². The molecule has 20 heavy (non-hydrogen) atoms. The zero-order chi connectivity index (χ0) is 14.8. The Labute approximate surface area is 122 Å². The second-order valence-electron chi connectivity index (χ2n) is 5.74. The van der Waals surface area contributed by atoms with Crippen molar-refractivity contribution in [2.24, 2.45) is 0 Å². The van der Waals surface area contributed by atoms with Crippen molar-refractivity contribution in [2.45, 2.75) is 50.5 Å². The van der Waals surface area contributed by atoms with Crippen LogP contribution in [-0.2, 0) is 10.0 Å². The van der Waals surface area contributed by atoms with Crippen LogP contribution in [0.1, 0.15) is 38.2 Å². The van der Waals surface area contributed by atoms with Crippen molar-refractivity contribution in [1.82, 2.24) is 4.31 Å². The molecule has 1 heterocycles. The summed E-state index contributed by atoms with van der Waals surface area (Å²) in [5.74, 6) is 0. The third kappa shape index (κ3) is 3.30. The molecule has 1 saturated heterocycles. The minimum absolute atomic E-state index is 0.0625. The first-order chi connectivity index (χ1) is 9.41. The largest absolute Gasteiger partial charge is 0.243 e. The lowest BCUT2D eigenvalue weighted by Gasteiger charge is -2.35. The van der Waals surface area contributed by atoms with Gasteiger partial charge in [0.1, 0.15) is 0 Å². The second-order valence-corrected chi connectivity index (χ2v) is 7.63. The van der Waals surface area contributed by atoms with Crippen LogP contribution in [0.3, 0.4) is 0 Å². The molecule has 110 valence electrons. The summed E-state index contributed by atoms with van der Waals surface area (Å²) in [7, 11) is -3.38. The van der Waals surface area contributed by atoms with Gasteiger partial charge in [-0.3, -0.25) is 0 Å². The van der Waals surface area contributed by atoms with Crippen LogP contribution in [0.5, 0.6) is 0 Å².